The van der Waals surface area contributed by atoms with E-state index in [4.69, 9.17) is 4.74 Å². The maximum Gasteiger partial charge on any atom is 0.338 e. The maximum absolute atomic E-state index is 12.8. The molecular weight excluding hydrogens is 308 g/mol. The van der Waals surface area contributed by atoms with Crippen molar-refractivity contribution in [3.63, 3.8) is 0 Å². The zero-order chi connectivity index (χ0) is 18.2. The number of carbonyl (C=O) groups is 1. The van der Waals surface area contributed by atoms with Crippen molar-refractivity contribution in [1.82, 2.24) is 0 Å². The fourth-order valence-corrected chi connectivity index (χ4v) is 3.02. The van der Waals surface area contributed by atoms with Gasteiger partial charge in [-0.1, -0.05) is 76.2 Å². The smallest absolute Gasteiger partial charge is 0.338 e. The van der Waals surface area contributed by atoms with Gasteiger partial charge in [0.1, 0.15) is 6.10 Å². The third-order valence-corrected chi connectivity index (χ3v) is 4.89. The van der Waals surface area contributed by atoms with Gasteiger partial charge in [-0.2, -0.15) is 0 Å². The molecule has 0 heterocycles. The molecular formula is C23H30O2. The molecule has 0 aliphatic carbocycles. The third kappa shape index (κ3) is 5.45. The van der Waals surface area contributed by atoms with Crippen LogP contribution in [0.1, 0.15) is 67.9 Å². The Hall–Kier alpha value is -2.09. The summed E-state index contributed by atoms with van der Waals surface area (Å²) in [6.45, 7) is 8.53. The minimum atomic E-state index is -0.192. The maximum atomic E-state index is 12.8. The minimum Gasteiger partial charge on any atom is -0.458 e. The molecule has 0 fully saturated rings. The second kappa shape index (κ2) is 9.41. The van der Waals surface area contributed by atoms with Crippen LogP contribution < -0.4 is 0 Å². The first-order valence-electron chi connectivity index (χ1n) is 9.36. The van der Waals surface area contributed by atoms with Crippen LogP contribution in [0.2, 0.25) is 0 Å². The number of aryl methyl sites for hydroxylation is 1. The average molecular weight is 338 g/mol. The summed E-state index contributed by atoms with van der Waals surface area (Å²) in [5.41, 5.74) is 3.08. The number of rotatable bonds is 8. The van der Waals surface area contributed by atoms with Crippen LogP contribution in [0, 0.1) is 5.92 Å². The van der Waals surface area contributed by atoms with Crippen molar-refractivity contribution >= 4 is 5.97 Å². The highest BCUT2D eigenvalue weighted by molar-refractivity contribution is 5.91. The Morgan fingerprint density at radius 2 is 1.60 bits per heavy atom. The van der Waals surface area contributed by atoms with Gasteiger partial charge < -0.3 is 4.74 Å². The predicted molar refractivity (Wildman–Crippen MR) is 104 cm³/mol. The minimum absolute atomic E-state index is 0.0716. The van der Waals surface area contributed by atoms with Gasteiger partial charge in [0, 0.05) is 0 Å². The summed E-state index contributed by atoms with van der Waals surface area (Å²) in [4.78, 5) is 12.8. The van der Waals surface area contributed by atoms with E-state index in [9.17, 15) is 4.79 Å². The lowest BCUT2D eigenvalue weighted by atomic mass is 9.93. The summed E-state index contributed by atoms with van der Waals surface area (Å²) in [6.07, 6.45) is 2.70. The SMILES string of the molecule is CCC(C)c1ccccc1C(=O)OC(CCc1ccccc1)C(C)C. The van der Waals surface area contributed by atoms with Crippen LogP contribution in [-0.4, -0.2) is 12.1 Å². The van der Waals surface area contributed by atoms with Gasteiger partial charge in [-0.15, -0.1) is 0 Å². The molecule has 2 heteroatoms. The van der Waals surface area contributed by atoms with Crippen LogP contribution in [0.25, 0.3) is 0 Å². The van der Waals surface area contributed by atoms with Crippen LogP contribution in [-0.2, 0) is 11.2 Å². The molecule has 0 saturated heterocycles. The molecule has 0 bridgehead atoms. The van der Waals surface area contributed by atoms with E-state index in [1.165, 1.54) is 5.56 Å². The Bertz CT molecular complexity index is 661. The van der Waals surface area contributed by atoms with Gasteiger partial charge in [0.05, 0.1) is 5.56 Å². The van der Waals surface area contributed by atoms with Crippen LogP contribution >= 0.6 is 0 Å². The molecule has 0 N–H and O–H groups in total. The van der Waals surface area contributed by atoms with Crippen LogP contribution in [0.4, 0.5) is 0 Å². The van der Waals surface area contributed by atoms with E-state index >= 15 is 0 Å². The molecule has 2 atom stereocenters. The van der Waals surface area contributed by atoms with E-state index in [2.05, 4.69) is 39.8 Å². The number of ether oxygens (including phenoxy) is 1. The van der Waals surface area contributed by atoms with E-state index in [0.717, 1.165) is 24.8 Å². The predicted octanol–water partition coefficient (Wildman–Crippen LogP) is 6.01. The van der Waals surface area contributed by atoms with E-state index < -0.39 is 0 Å². The number of carbonyl (C=O) groups excluding carboxylic acids is 1. The molecule has 0 aromatic heterocycles. The molecule has 0 amide bonds. The Balaban J connectivity index is 2.08. The highest BCUT2D eigenvalue weighted by Crippen LogP contribution is 2.25. The van der Waals surface area contributed by atoms with Crippen LogP contribution in [0.15, 0.2) is 54.6 Å². The molecule has 2 unspecified atom stereocenters. The molecule has 2 aromatic carbocycles. The number of hydrogen-bond donors (Lipinski definition) is 0. The van der Waals surface area contributed by atoms with Gasteiger partial charge in [0.25, 0.3) is 0 Å². The summed E-state index contributed by atoms with van der Waals surface area (Å²) in [5, 5.41) is 0. The number of hydrogen-bond acceptors (Lipinski definition) is 2. The molecule has 0 aliphatic heterocycles. The molecule has 0 spiro atoms. The molecule has 2 nitrogen and oxygen atoms in total. The Labute approximate surface area is 152 Å². The molecule has 0 saturated carbocycles. The quantitative estimate of drug-likeness (QED) is 0.551. The van der Waals surface area contributed by atoms with Crippen LogP contribution in [0.3, 0.4) is 0 Å². The zero-order valence-electron chi connectivity index (χ0n) is 15.9. The van der Waals surface area contributed by atoms with Crippen molar-refractivity contribution in [3.05, 3.63) is 71.3 Å². The first-order valence-corrected chi connectivity index (χ1v) is 9.36. The van der Waals surface area contributed by atoms with Crippen molar-refractivity contribution < 1.29 is 9.53 Å². The monoisotopic (exact) mass is 338 g/mol. The summed E-state index contributed by atoms with van der Waals surface area (Å²) in [7, 11) is 0. The highest BCUT2D eigenvalue weighted by Gasteiger charge is 2.22. The van der Waals surface area contributed by atoms with Crippen molar-refractivity contribution in [2.75, 3.05) is 0 Å². The Kier molecular flexibility index (Phi) is 7.24. The van der Waals surface area contributed by atoms with E-state index in [-0.39, 0.29) is 12.1 Å². The van der Waals surface area contributed by atoms with Gasteiger partial charge in [0.15, 0.2) is 0 Å². The highest BCUT2D eigenvalue weighted by atomic mass is 16.5. The van der Waals surface area contributed by atoms with Crippen molar-refractivity contribution in [2.45, 2.75) is 59.0 Å². The molecule has 25 heavy (non-hydrogen) atoms. The van der Waals surface area contributed by atoms with Gasteiger partial charge in [-0.25, -0.2) is 4.79 Å². The largest absolute Gasteiger partial charge is 0.458 e. The second-order valence-corrected chi connectivity index (χ2v) is 7.11. The van der Waals surface area contributed by atoms with Gasteiger partial charge in [-0.05, 0) is 48.3 Å². The Morgan fingerprint density at radius 1 is 0.960 bits per heavy atom. The van der Waals surface area contributed by atoms with E-state index in [1.54, 1.807) is 0 Å². The third-order valence-electron chi connectivity index (χ3n) is 4.89. The lowest BCUT2D eigenvalue weighted by Gasteiger charge is -2.23. The summed E-state index contributed by atoms with van der Waals surface area (Å²) >= 11 is 0. The van der Waals surface area contributed by atoms with Crippen molar-refractivity contribution in [1.29, 1.82) is 0 Å². The summed E-state index contributed by atoms with van der Waals surface area (Å²) < 4.78 is 5.92. The van der Waals surface area contributed by atoms with Gasteiger partial charge >= 0.3 is 5.97 Å². The molecule has 0 aliphatic rings. The van der Waals surface area contributed by atoms with E-state index in [0.29, 0.717) is 17.4 Å². The standard InChI is InChI=1S/C23H30O2/c1-5-18(4)20-13-9-10-14-21(20)23(24)25-22(17(2)3)16-15-19-11-7-6-8-12-19/h6-14,17-18,22H,5,15-16H2,1-4H3. The van der Waals surface area contributed by atoms with Gasteiger partial charge in [-0.3, -0.25) is 0 Å². The fraction of sp³-hybridized carbons (Fsp3) is 0.435. The summed E-state index contributed by atoms with van der Waals surface area (Å²) in [5.74, 6) is 0.455. The van der Waals surface area contributed by atoms with Crippen molar-refractivity contribution in [2.24, 2.45) is 5.92 Å². The normalized spacial score (nSPS) is 13.5. The van der Waals surface area contributed by atoms with E-state index in [1.807, 2.05) is 42.5 Å². The average Bonchev–Trinajstić information content (AvgIpc) is 2.64. The first kappa shape index (κ1) is 19.2. The topological polar surface area (TPSA) is 26.3 Å². The summed E-state index contributed by atoms with van der Waals surface area (Å²) in [6, 6.07) is 18.2. The fourth-order valence-electron chi connectivity index (χ4n) is 3.02. The van der Waals surface area contributed by atoms with Gasteiger partial charge in [0.2, 0.25) is 0 Å². The zero-order valence-corrected chi connectivity index (χ0v) is 15.9. The Morgan fingerprint density at radius 3 is 2.24 bits per heavy atom. The van der Waals surface area contributed by atoms with Crippen LogP contribution in [0.5, 0.6) is 0 Å². The first-order chi connectivity index (χ1) is 12.0. The molecule has 2 aromatic rings. The number of esters is 1. The molecule has 2 rings (SSSR count). The molecule has 134 valence electrons. The lowest BCUT2D eigenvalue weighted by Crippen LogP contribution is -2.25. The lowest BCUT2D eigenvalue weighted by molar-refractivity contribution is 0.0158. The molecule has 0 radical (unpaired) electrons. The number of benzene rings is 2. The second-order valence-electron chi connectivity index (χ2n) is 7.11. The van der Waals surface area contributed by atoms with Crippen molar-refractivity contribution in [3.8, 4) is 0 Å².